The van der Waals surface area contributed by atoms with Gasteiger partial charge in [0.25, 0.3) is 5.91 Å². The Kier molecular flexibility index (Phi) is 5.78. The van der Waals surface area contributed by atoms with E-state index in [2.05, 4.69) is 5.32 Å². The van der Waals surface area contributed by atoms with E-state index in [9.17, 15) is 14.0 Å². The van der Waals surface area contributed by atoms with Gasteiger partial charge in [-0.05, 0) is 37.6 Å². The normalized spacial score (nSPS) is 11.7. The number of ether oxygens (including phenoxy) is 1. The van der Waals surface area contributed by atoms with Crippen LogP contribution in [0.15, 0.2) is 24.3 Å². The third kappa shape index (κ3) is 5.85. The minimum Gasteiger partial charge on any atom is -0.481 e. The van der Waals surface area contributed by atoms with Crippen molar-refractivity contribution in [2.45, 2.75) is 25.9 Å². The van der Waals surface area contributed by atoms with Crippen molar-refractivity contribution in [2.24, 2.45) is 0 Å². The topological polar surface area (TPSA) is 75.6 Å². The predicted octanol–water partition coefficient (Wildman–Crippen LogP) is 1.57. The number of rotatable bonds is 7. The highest BCUT2D eigenvalue weighted by Crippen LogP contribution is 2.12. The molecule has 0 aromatic heterocycles. The molecule has 104 valence electrons. The standard InChI is InChI=1S/C13H16FNO4/c1-9(13(18)15-8-2-3-12(16)17)19-11-6-4-10(14)5-7-11/h4-7,9H,2-3,8H2,1H3,(H,15,18)(H,16,17). The SMILES string of the molecule is CC(Oc1ccc(F)cc1)C(=O)NCCCC(=O)O. The number of halogens is 1. The summed E-state index contributed by atoms with van der Waals surface area (Å²) in [4.78, 5) is 21.9. The molecule has 0 spiro atoms. The van der Waals surface area contributed by atoms with Gasteiger partial charge in [-0.25, -0.2) is 4.39 Å². The van der Waals surface area contributed by atoms with E-state index in [4.69, 9.17) is 9.84 Å². The number of hydrogen-bond acceptors (Lipinski definition) is 3. The van der Waals surface area contributed by atoms with Gasteiger partial charge in [-0.15, -0.1) is 0 Å². The van der Waals surface area contributed by atoms with Crippen LogP contribution >= 0.6 is 0 Å². The molecule has 2 N–H and O–H groups in total. The fourth-order valence-electron chi connectivity index (χ4n) is 1.37. The second-order valence-corrected chi connectivity index (χ2v) is 4.00. The first-order valence-electron chi connectivity index (χ1n) is 5.91. The summed E-state index contributed by atoms with van der Waals surface area (Å²) in [6.07, 6.45) is -0.354. The van der Waals surface area contributed by atoms with Crippen LogP contribution in [-0.2, 0) is 9.59 Å². The summed E-state index contributed by atoms with van der Waals surface area (Å²) in [6, 6.07) is 5.35. The molecule has 0 aliphatic rings. The zero-order valence-corrected chi connectivity index (χ0v) is 10.6. The summed E-state index contributed by atoms with van der Waals surface area (Å²) >= 11 is 0. The molecular formula is C13H16FNO4. The van der Waals surface area contributed by atoms with Gasteiger partial charge < -0.3 is 15.2 Å². The quantitative estimate of drug-likeness (QED) is 0.737. The molecule has 0 heterocycles. The highest BCUT2D eigenvalue weighted by atomic mass is 19.1. The number of nitrogens with one attached hydrogen (secondary N) is 1. The van der Waals surface area contributed by atoms with Crippen LogP contribution in [-0.4, -0.2) is 29.6 Å². The van der Waals surface area contributed by atoms with Gasteiger partial charge in [-0.1, -0.05) is 0 Å². The lowest BCUT2D eigenvalue weighted by atomic mass is 10.3. The number of aliphatic carboxylic acids is 1. The van der Waals surface area contributed by atoms with E-state index in [-0.39, 0.29) is 24.7 Å². The van der Waals surface area contributed by atoms with Crippen molar-refractivity contribution >= 4 is 11.9 Å². The molecule has 0 aliphatic carbocycles. The van der Waals surface area contributed by atoms with Gasteiger partial charge in [-0.3, -0.25) is 9.59 Å². The van der Waals surface area contributed by atoms with E-state index < -0.39 is 12.1 Å². The first-order chi connectivity index (χ1) is 8.99. The Hall–Kier alpha value is -2.11. The van der Waals surface area contributed by atoms with Crippen LogP contribution in [0.4, 0.5) is 4.39 Å². The van der Waals surface area contributed by atoms with Crippen LogP contribution in [0, 0.1) is 5.82 Å². The number of amides is 1. The molecule has 19 heavy (non-hydrogen) atoms. The Bertz CT molecular complexity index is 433. The molecule has 0 bridgehead atoms. The van der Waals surface area contributed by atoms with Crippen molar-refractivity contribution in [2.75, 3.05) is 6.54 Å². The van der Waals surface area contributed by atoms with Crippen LogP contribution in [0.2, 0.25) is 0 Å². The Morgan fingerprint density at radius 1 is 1.37 bits per heavy atom. The summed E-state index contributed by atoms with van der Waals surface area (Å²) in [5, 5.41) is 11.0. The monoisotopic (exact) mass is 269 g/mol. The third-order valence-corrected chi connectivity index (χ3v) is 2.36. The molecule has 0 radical (unpaired) electrons. The molecule has 1 atom stereocenters. The van der Waals surface area contributed by atoms with Gasteiger partial charge in [0.15, 0.2) is 6.10 Å². The van der Waals surface area contributed by atoms with E-state index >= 15 is 0 Å². The predicted molar refractivity (Wildman–Crippen MR) is 66.4 cm³/mol. The van der Waals surface area contributed by atoms with Crippen molar-refractivity contribution in [1.82, 2.24) is 5.32 Å². The Balaban J connectivity index is 2.32. The van der Waals surface area contributed by atoms with Crippen molar-refractivity contribution in [3.63, 3.8) is 0 Å². The molecule has 0 fully saturated rings. The average Bonchev–Trinajstić information content (AvgIpc) is 2.36. The van der Waals surface area contributed by atoms with Gasteiger partial charge in [-0.2, -0.15) is 0 Å². The zero-order valence-electron chi connectivity index (χ0n) is 10.6. The Labute approximate surface area is 110 Å². The maximum Gasteiger partial charge on any atom is 0.303 e. The fraction of sp³-hybridized carbons (Fsp3) is 0.385. The molecule has 1 aromatic carbocycles. The maximum atomic E-state index is 12.7. The van der Waals surface area contributed by atoms with Crippen molar-refractivity contribution < 1.29 is 23.8 Å². The zero-order chi connectivity index (χ0) is 14.3. The molecule has 5 nitrogen and oxygen atoms in total. The number of carbonyl (C=O) groups is 2. The summed E-state index contributed by atoms with van der Waals surface area (Å²) in [5.41, 5.74) is 0. The lowest BCUT2D eigenvalue weighted by Gasteiger charge is -2.14. The molecule has 0 saturated heterocycles. The van der Waals surface area contributed by atoms with Gasteiger partial charge in [0, 0.05) is 13.0 Å². The van der Waals surface area contributed by atoms with Crippen LogP contribution < -0.4 is 10.1 Å². The number of carboxylic acid groups (broad SMARTS) is 1. The Morgan fingerprint density at radius 2 is 2.00 bits per heavy atom. The lowest BCUT2D eigenvalue weighted by molar-refractivity contribution is -0.137. The minimum absolute atomic E-state index is 0.00742. The van der Waals surface area contributed by atoms with E-state index in [1.54, 1.807) is 6.92 Å². The second-order valence-electron chi connectivity index (χ2n) is 4.00. The van der Waals surface area contributed by atoms with Crippen LogP contribution in [0.3, 0.4) is 0 Å². The van der Waals surface area contributed by atoms with Crippen LogP contribution in [0.1, 0.15) is 19.8 Å². The summed E-state index contributed by atoms with van der Waals surface area (Å²) < 4.78 is 18.0. The van der Waals surface area contributed by atoms with Crippen molar-refractivity contribution in [1.29, 1.82) is 0 Å². The summed E-state index contributed by atoms with van der Waals surface area (Å²) in [6.45, 7) is 1.85. The van der Waals surface area contributed by atoms with Gasteiger partial charge in [0.2, 0.25) is 0 Å². The molecule has 6 heteroatoms. The van der Waals surface area contributed by atoms with Gasteiger partial charge in [0.1, 0.15) is 11.6 Å². The smallest absolute Gasteiger partial charge is 0.303 e. The van der Waals surface area contributed by atoms with Crippen molar-refractivity contribution in [3.05, 3.63) is 30.1 Å². The number of hydrogen-bond donors (Lipinski definition) is 2. The molecule has 1 unspecified atom stereocenters. The highest BCUT2D eigenvalue weighted by Gasteiger charge is 2.14. The molecule has 0 aliphatic heterocycles. The third-order valence-electron chi connectivity index (χ3n) is 2.36. The number of benzene rings is 1. The first kappa shape index (κ1) is 14.9. The fourth-order valence-corrected chi connectivity index (χ4v) is 1.37. The number of carbonyl (C=O) groups excluding carboxylic acids is 1. The maximum absolute atomic E-state index is 12.7. The van der Waals surface area contributed by atoms with E-state index in [1.165, 1.54) is 24.3 Å². The second kappa shape index (κ2) is 7.35. The van der Waals surface area contributed by atoms with Gasteiger partial charge >= 0.3 is 5.97 Å². The first-order valence-corrected chi connectivity index (χ1v) is 5.91. The molecule has 0 saturated carbocycles. The van der Waals surface area contributed by atoms with E-state index in [0.29, 0.717) is 12.2 Å². The largest absolute Gasteiger partial charge is 0.481 e. The average molecular weight is 269 g/mol. The summed E-state index contributed by atoms with van der Waals surface area (Å²) in [7, 11) is 0. The van der Waals surface area contributed by atoms with Crippen LogP contribution in [0.25, 0.3) is 0 Å². The van der Waals surface area contributed by atoms with Crippen LogP contribution in [0.5, 0.6) is 5.75 Å². The van der Waals surface area contributed by atoms with Crippen molar-refractivity contribution in [3.8, 4) is 5.75 Å². The molecule has 1 aromatic rings. The highest BCUT2D eigenvalue weighted by molar-refractivity contribution is 5.80. The van der Waals surface area contributed by atoms with Gasteiger partial charge in [0.05, 0.1) is 0 Å². The molecular weight excluding hydrogens is 253 g/mol. The lowest BCUT2D eigenvalue weighted by Crippen LogP contribution is -2.36. The van der Waals surface area contributed by atoms with E-state index in [1.807, 2.05) is 0 Å². The minimum atomic E-state index is -0.898. The number of carboxylic acids is 1. The molecule has 1 amide bonds. The molecule has 1 rings (SSSR count). The Morgan fingerprint density at radius 3 is 2.58 bits per heavy atom. The van der Waals surface area contributed by atoms with E-state index in [0.717, 1.165) is 0 Å². The summed E-state index contributed by atoms with van der Waals surface area (Å²) in [5.74, 6) is -1.22.